The Morgan fingerprint density at radius 1 is 1.00 bits per heavy atom. The van der Waals surface area contributed by atoms with E-state index in [0.717, 1.165) is 29.3 Å². The van der Waals surface area contributed by atoms with Crippen LogP contribution in [-0.4, -0.2) is 42.8 Å². The van der Waals surface area contributed by atoms with Crippen molar-refractivity contribution in [2.45, 2.75) is 38.5 Å². The van der Waals surface area contributed by atoms with Crippen LogP contribution in [0.3, 0.4) is 0 Å². The molecule has 1 heterocycles. The highest BCUT2D eigenvalue weighted by Crippen LogP contribution is 2.39. The van der Waals surface area contributed by atoms with Gasteiger partial charge in [-0.3, -0.25) is 14.4 Å². The molecule has 1 aliphatic heterocycles. The molecule has 5 nitrogen and oxygen atoms in total. The second kappa shape index (κ2) is 11.8. The van der Waals surface area contributed by atoms with Crippen molar-refractivity contribution in [3.63, 3.8) is 0 Å². The number of carbonyl (C=O) groups excluding carboxylic acids is 3. The molecule has 0 aliphatic carbocycles. The maximum absolute atomic E-state index is 13.7. The van der Waals surface area contributed by atoms with E-state index in [9.17, 15) is 14.4 Å². The van der Waals surface area contributed by atoms with E-state index in [1.807, 2.05) is 19.1 Å². The number of ketones is 1. The lowest BCUT2D eigenvalue weighted by atomic mass is 9.72. The molecule has 176 valence electrons. The largest absolute Gasteiger partial charge is 0.468 e. The van der Waals surface area contributed by atoms with Gasteiger partial charge >= 0.3 is 5.97 Å². The monoisotopic (exact) mass is 533 g/mol. The van der Waals surface area contributed by atoms with Gasteiger partial charge in [-0.05, 0) is 55.5 Å². The molecule has 3 rings (SSSR count). The fourth-order valence-electron chi connectivity index (χ4n) is 4.61. The number of rotatable bonds is 8. The zero-order valence-corrected chi connectivity index (χ0v) is 21.3. The molecule has 0 saturated carbocycles. The summed E-state index contributed by atoms with van der Waals surface area (Å²) in [6, 6.07) is 14.2. The summed E-state index contributed by atoms with van der Waals surface area (Å²) in [5.41, 5.74) is 1.26. The molecule has 0 spiro atoms. The van der Waals surface area contributed by atoms with Crippen LogP contribution in [0.1, 0.15) is 54.4 Å². The highest BCUT2D eigenvalue weighted by molar-refractivity contribution is 9.10. The van der Waals surface area contributed by atoms with Gasteiger partial charge < -0.3 is 9.64 Å². The summed E-state index contributed by atoms with van der Waals surface area (Å²) in [6.45, 7) is 3.12. The Hall–Kier alpha value is -2.18. The number of benzene rings is 2. The Kier molecular flexibility index (Phi) is 9.10. The zero-order valence-electron chi connectivity index (χ0n) is 18.9. The molecule has 2 aromatic rings. The summed E-state index contributed by atoms with van der Waals surface area (Å²) >= 11 is 9.52. The minimum atomic E-state index is -1.11. The van der Waals surface area contributed by atoms with Crippen molar-refractivity contribution < 1.29 is 19.1 Å². The van der Waals surface area contributed by atoms with Crippen molar-refractivity contribution in [3.8, 4) is 0 Å². The van der Waals surface area contributed by atoms with E-state index in [-0.39, 0.29) is 11.7 Å². The first-order valence-corrected chi connectivity index (χ1v) is 12.5. The summed E-state index contributed by atoms with van der Waals surface area (Å²) in [4.78, 5) is 42.2. The third-order valence-corrected chi connectivity index (χ3v) is 7.12. The molecule has 33 heavy (non-hydrogen) atoms. The Morgan fingerprint density at radius 2 is 1.61 bits per heavy atom. The van der Waals surface area contributed by atoms with Crippen molar-refractivity contribution in [2.24, 2.45) is 11.8 Å². The number of hydrogen-bond donors (Lipinski definition) is 0. The Morgan fingerprint density at radius 3 is 2.15 bits per heavy atom. The fourth-order valence-corrected chi connectivity index (χ4v) is 5.00. The maximum atomic E-state index is 13.7. The molecule has 1 saturated heterocycles. The van der Waals surface area contributed by atoms with E-state index in [1.54, 1.807) is 41.3 Å². The number of carbonyl (C=O) groups is 3. The van der Waals surface area contributed by atoms with Gasteiger partial charge in [-0.25, -0.2) is 0 Å². The molecule has 2 aromatic carbocycles. The molecule has 0 N–H and O–H groups in total. The second-order valence-corrected chi connectivity index (χ2v) is 9.70. The van der Waals surface area contributed by atoms with Crippen LogP contribution in [0.25, 0.3) is 0 Å². The molecule has 0 radical (unpaired) electrons. The fraction of sp³-hybridized carbons (Fsp3) is 0.423. The van der Waals surface area contributed by atoms with Crippen molar-refractivity contribution >= 4 is 45.2 Å². The molecule has 0 aromatic heterocycles. The van der Waals surface area contributed by atoms with E-state index >= 15 is 0 Å². The van der Waals surface area contributed by atoms with Crippen LogP contribution >= 0.6 is 27.5 Å². The summed E-state index contributed by atoms with van der Waals surface area (Å²) < 4.78 is 5.99. The number of amides is 1. The van der Waals surface area contributed by atoms with Crippen LogP contribution in [-0.2, 0) is 14.3 Å². The second-order valence-electron chi connectivity index (χ2n) is 8.35. The average Bonchev–Trinajstić information content (AvgIpc) is 2.84. The SMILES string of the molecule is CCC(C(=O)c1ccc(Br)cc1)C(c1ccc(Cl)cc1)C(C(=O)OC)C(=O)N1CCCCC1. The van der Waals surface area contributed by atoms with Crippen molar-refractivity contribution in [1.82, 2.24) is 4.90 Å². The van der Waals surface area contributed by atoms with Crippen molar-refractivity contribution in [3.05, 3.63) is 69.2 Å². The number of ether oxygens (including phenoxy) is 1. The van der Waals surface area contributed by atoms with Gasteiger partial charge in [0, 0.05) is 40.0 Å². The number of likely N-dealkylation sites (tertiary alicyclic amines) is 1. The van der Waals surface area contributed by atoms with Crippen LogP contribution in [0.5, 0.6) is 0 Å². The first-order chi connectivity index (χ1) is 15.9. The maximum Gasteiger partial charge on any atom is 0.318 e. The lowest BCUT2D eigenvalue weighted by molar-refractivity contribution is -0.155. The van der Waals surface area contributed by atoms with E-state index < -0.39 is 23.7 Å². The smallest absolute Gasteiger partial charge is 0.318 e. The molecular formula is C26H29BrClNO4. The van der Waals surface area contributed by atoms with Crippen molar-refractivity contribution in [1.29, 1.82) is 0 Å². The number of halogens is 2. The number of hydrogen-bond acceptors (Lipinski definition) is 4. The Labute approximate surface area is 208 Å². The van der Waals surface area contributed by atoms with Gasteiger partial charge in [-0.15, -0.1) is 0 Å². The number of Topliss-reactive ketones (excluding diaryl/α,β-unsaturated/α-hetero) is 1. The lowest BCUT2D eigenvalue weighted by Crippen LogP contribution is -2.47. The molecular weight excluding hydrogens is 506 g/mol. The van der Waals surface area contributed by atoms with Crippen LogP contribution in [0.4, 0.5) is 0 Å². The molecule has 3 atom stereocenters. The average molecular weight is 535 g/mol. The number of esters is 1. The first kappa shape index (κ1) is 25.4. The van der Waals surface area contributed by atoms with Crippen LogP contribution in [0.15, 0.2) is 53.0 Å². The Balaban J connectivity index is 2.09. The predicted octanol–water partition coefficient (Wildman–Crippen LogP) is 5.90. The number of nitrogens with zero attached hydrogens (tertiary/aromatic N) is 1. The molecule has 1 fully saturated rings. The van der Waals surface area contributed by atoms with Gasteiger partial charge in [0.25, 0.3) is 0 Å². The number of piperidine rings is 1. The number of methoxy groups -OCH3 is 1. The van der Waals surface area contributed by atoms with E-state index in [2.05, 4.69) is 15.9 Å². The summed E-state index contributed by atoms with van der Waals surface area (Å²) in [5.74, 6) is -3.38. The normalized spacial score (nSPS) is 16.5. The molecule has 1 amide bonds. The Bertz CT molecular complexity index is 971. The van der Waals surface area contributed by atoms with Gasteiger partial charge in [0.1, 0.15) is 5.92 Å². The van der Waals surface area contributed by atoms with Gasteiger partial charge in [-0.1, -0.05) is 58.7 Å². The molecule has 1 aliphatic rings. The van der Waals surface area contributed by atoms with Gasteiger partial charge in [0.05, 0.1) is 7.11 Å². The minimum absolute atomic E-state index is 0.106. The zero-order chi connectivity index (χ0) is 24.0. The molecule has 3 unspecified atom stereocenters. The van der Waals surface area contributed by atoms with Gasteiger partial charge in [0.15, 0.2) is 5.78 Å². The molecule has 0 bridgehead atoms. The van der Waals surface area contributed by atoms with E-state index in [1.165, 1.54) is 7.11 Å². The molecule has 7 heteroatoms. The minimum Gasteiger partial charge on any atom is -0.468 e. The van der Waals surface area contributed by atoms with E-state index in [0.29, 0.717) is 30.1 Å². The summed E-state index contributed by atoms with van der Waals surface area (Å²) in [7, 11) is 1.29. The first-order valence-electron chi connectivity index (χ1n) is 11.3. The highest BCUT2D eigenvalue weighted by atomic mass is 79.9. The van der Waals surface area contributed by atoms with Crippen LogP contribution < -0.4 is 0 Å². The van der Waals surface area contributed by atoms with Gasteiger partial charge in [-0.2, -0.15) is 0 Å². The third-order valence-electron chi connectivity index (χ3n) is 6.34. The van der Waals surface area contributed by atoms with E-state index in [4.69, 9.17) is 16.3 Å². The summed E-state index contributed by atoms with van der Waals surface area (Å²) in [6.07, 6.45) is 3.33. The van der Waals surface area contributed by atoms with Crippen molar-refractivity contribution in [2.75, 3.05) is 20.2 Å². The quantitative estimate of drug-likeness (QED) is 0.240. The summed E-state index contributed by atoms with van der Waals surface area (Å²) in [5, 5.41) is 0.543. The predicted molar refractivity (Wildman–Crippen MR) is 132 cm³/mol. The van der Waals surface area contributed by atoms with Crippen LogP contribution in [0, 0.1) is 11.8 Å². The standard InChI is InChI=1S/C26H29BrClNO4/c1-3-21(24(30)18-7-11-19(27)12-8-18)22(17-9-13-20(28)14-10-17)23(26(32)33-2)25(31)29-15-5-4-6-16-29/h7-14,21-23H,3-6,15-16H2,1-2H3. The third kappa shape index (κ3) is 6.04. The van der Waals surface area contributed by atoms with Gasteiger partial charge in [0.2, 0.25) is 5.91 Å². The topological polar surface area (TPSA) is 63.7 Å². The lowest BCUT2D eigenvalue weighted by Gasteiger charge is -2.35. The van der Waals surface area contributed by atoms with Crippen LogP contribution in [0.2, 0.25) is 5.02 Å². The highest BCUT2D eigenvalue weighted by Gasteiger charge is 2.45.